The van der Waals surface area contributed by atoms with Gasteiger partial charge in [-0.15, -0.1) is 0 Å². The lowest BCUT2D eigenvalue weighted by atomic mass is 10.1. The zero-order valence-electron chi connectivity index (χ0n) is 17.9. The molecule has 150 valence electrons. The second-order valence-electron chi connectivity index (χ2n) is 7.00. The Morgan fingerprint density at radius 3 is 2.90 bits per heavy atom. The number of aromatic nitrogens is 2. The van der Waals surface area contributed by atoms with Gasteiger partial charge >= 0.3 is 6.03 Å². The monoisotopic (exact) mass is 463 g/mol. The Hall–Kier alpha value is -3.32. The summed E-state index contributed by atoms with van der Waals surface area (Å²) in [7, 11) is 0. The number of anilines is 3. The molecule has 1 aliphatic rings. The number of hydrogen-bond acceptors (Lipinski definition) is 3. The average Bonchev–Trinajstić information content (AvgIpc) is 3.41. The fraction of sp³-hybridized carbons (Fsp3) is 0.130. The highest BCUT2D eigenvalue weighted by Crippen LogP contribution is 2.35. The highest BCUT2D eigenvalue weighted by molar-refractivity contribution is 9.10. The van der Waals surface area contributed by atoms with Gasteiger partial charge < -0.3 is 20.5 Å². The molecule has 7 heteroatoms. The van der Waals surface area contributed by atoms with E-state index in [0.29, 0.717) is 35.6 Å². The molecule has 2 aromatic heterocycles. The summed E-state index contributed by atoms with van der Waals surface area (Å²) >= 11 is 3.38. The molecule has 3 heterocycles. The predicted octanol–water partition coefficient (Wildman–Crippen LogP) is 5.53. The van der Waals surface area contributed by atoms with Crippen LogP contribution in [0.4, 0.5) is 21.9 Å². The van der Waals surface area contributed by atoms with E-state index in [2.05, 4.69) is 36.5 Å². The molecule has 2 aromatic carbocycles. The number of rotatable bonds is 4. The third-order valence-electron chi connectivity index (χ3n) is 5.08. The van der Waals surface area contributed by atoms with Crippen molar-refractivity contribution in [2.45, 2.75) is 12.9 Å². The second kappa shape index (κ2) is 7.84. The largest absolute Gasteiger partial charge is 0.367 e. The van der Waals surface area contributed by atoms with Gasteiger partial charge in [0, 0.05) is 57.9 Å². The summed E-state index contributed by atoms with van der Waals surface area (Å²) in [5.41, 5.74) is 4.25. The maximum atomic E-state index is 12.5. The van der Waals surface area contributed by atoms with Crippen molar-refractivity contribution in [3.8, 4) is 0 Å². The Bertz CT molecular complexity index is 1310. The number of nitrogens with one attached hydrogen (secondary N) is 3. The van der Waals surface area contributed by atoms with E-state index in [0.717, 1.165) is 21.1 Å². The first-order valence-electron chi connectivity index (χ1n) is 10.6. The first-order valence-corrected chi connectivity index (χ1v) is 10.4. The number of pyridine rings is 1. The molecule has 3 N–H and O–H groups in total. The van der Waals surface area contributed by atoms with E-state index in [1.807, 2.05) is 48.5 Å². The highest BCUT2D eigenvalue weighted by Gasteiger charge is 2.23. The van der Waals surface area contributed by atoms with Crippen LogP contribution < -0.4 is 15.5 Å². The van der Waals surface area contributed by atoms with Crippen LogP contribution in [-0.2, 0) is 12.9 Å². The van der Waals surface area contributed by atoms with Crippen LogP contribution in [0.2, 0.25) is 0 Å². The van der Waals surface area contributed by atoms with Crippen molar-refractivity contribution in [1.29, 1.82) is 0 Å². The molecule has 0 saturated carbocycles. The Labute approximate surface area is 185 Å². The van der Waals surface area contributed by atoms with Crippen molar-refractivity contribution < 1.29 is 7.54 Å². The van der Waals surface area contributed by atoms with Gasteiger partial charge in [-0.2, -0.15) is 0 Å². The number of carbonyl (C=O) groups excluding carboxylic acids is 1. The standard InChI is InChI=1S/C23H20BrN5O/c24-16-6-8-17(9-7-16)27-23(30)28-20-4-1-5-21-19(20)10-12-29(21)14-15-13-26-22-18(15)3-2-11-25-22/h1-9,11,13H,10,12,14H2,(H,25,26)(H2,27,28,30)/i14D2. The third-order valence-corrected chi connectivity index (χ3v) is 5.61. The smallest absolute Gasteiger partial charge is 0.323 e. The molecule has 0 aliphatic carbocycles. The Morgan fingerprint density at radius 2 is 2.03 bits per heavy atom. The lowest BCUT2D eigenvalue weighted by molar-refractivity contribution is 0.262. The van der Waals surface area contributed by atoms with E-state index >= 15 is 0 Å². The van der Waals surface area contributed by atoms with E-state index in [9.17, 15) is 4.79 Å². The minimum absolute atomic E-state index is 0.343. The van der Waals surface area contributed by atoms with Crippen molar-refractivity contribution in [2.24, 2.45) is 0 Å². The summed E-state index contributed by atoms with van der Waals surface area (Å²) in [6, 6.07) is 16.2. The zero-order valence-corrected chi connectivity index (χ0v) is 17.5. The summed E-state index contributed by atoms with van der Waals surface area (Å²) < 4.78 is 18.8. The van der Waals surface area contributed by atoms with Crippen molar-refractivity contribution in [2.75, 3.05) is 22.1 Å². The van der Waals surface area contributed by atoms with E-state index in [-0.39, 0.29) is 6.03 Å². The van der Waals surface area contributed by atoms with Crippen LogP contribution in [0, 0.1) is 0 Å². The van der Waals surface area contributed by atoms with Gasteiger partial charge in [-0.25, -0.2) is 9.78 Å². The second-order valence-corrected chi connectivity index (χ2v) is 7.92. The molecule has 0 fully saturated rings. The van der Waals surface area contributed by atoms with Crippen LogP contribution in [0.1, 0.15) is 13.9 Å². The van der Waals surface area contributed by atoms with E-state index < -0.39 is 6.50 Å². The molecular weight excluding hydrogens is 442 g/mol. The van der Waals surface area contributed by atoms with Crippen LogP contribution in [0.25, 0.3) is 11.0 Å². The van der Waals surface area contributed by atoms with E-state index in [1.54, 1.807) is 23.4 Å². The minimum Gasteiger partial charge on any atom is -0.367 e. The number of nitrogens with zero attached hydrogens (tertiary/aromatic N) is 2. The van der Waals surface area contributed by atoms with Crippen LogP contribution >= 0.6 is 15.9 Å². The summed E-state index contributed by atoms with van der Waals surface area (Å²) in [5, 5.41) is 6.50. The Balaban J connectivity index is 1.41. The average molecular weight is 464 g/mol. The maximum absolute atomic E-state index is 12.5. The van der Waals surface area contributed by atoms with E-state index in [1.165, 1.54) is 0 Å². The number of amides is 2. The molecule has 1 aliphatic heterocycles. The van der Waals surface area contributed by atoms with Gasteiger partial charge in [0.2, 0.25) is 0 Å². The lowest BCUT2D eigenvalue weighted by Crippen LogP contribution is -2.20. The Kier molecular flexibility index (Phi) is 4.30. The van der Waals surface area contributed by atoms with Crippen molar-refractivity contribution in [3.63, 3.8) is 0 Å². The van der Waals surface area contributed by atoms with Gasteiger partial charge in [0.05, 0.1) is 2.74 Å². The minimum atomic E-state index is -1.75. The number of benzene rings is 2. The van der Waals surface area contributed by atoms with Gasteiger partial charge in [0.25, 0.3) is 0 Å². The molecule has 30 heavy (non-hydrogen) atoms. The van der Waals surface area contributed by atoms with Crippen LogP contribution in [0.15, 0.2) is 71.5 Å². The number of aromatic amines is 1. The maximum Gasteiger partial charge on any atom is 0.323 e. The molecule has 4 aromatic rings. The molecular formula is C23H20BrN5O. The van der Waals surface area contributed by atoms with Crippen LogP contribution in [0.5, 0.6) is 0 Å². The van der Waals surface area contributed by atoms with Crippen LogP contribution in [0.3, 0.4) is 0 Å². The molecule has 0 unspecified atom stereocenters. The number of urea groups is 1. The first-order chi connectivity index (χ1) is 15.4. The summed E-state index contributed by atoms with van der Waals surface area (Å²) in [6.45, 7) is -1.24. The van der Waals surface area contributed by atoms with Gasteiger partial charge in [0.15, 0.2) is 0 Å². The molecule has 2 amide bonds. The third kappa shape index (κ3) is 3.64. The molecule has 0 spiro atoms. The van der Waals surface area contributed by atoms with Crippen LogP contribution in [-0.4, -0.2) is 22.5 Å². The number of fused-ring (bicyclic) bond motifs is 2. The van der Waals surface area contributed by atoms with Crippen molar-refractivity contribution in [3.05, 3.63) is 82.6 Å². The quantitative estimate of drug-likeness (QED) is 0.372. The summed E-state index contributed by atoms with van der Waals surface area (Å²) in [6.07, 6.45) is 3.99. The highest BCUT2D eigenvalue weighted by atomic mass is 79.9. The fourth-order valence-electron chi connectivity index (χ4n) is 3.68. The van der Waals surface area contributed by atoms with Crippen molar-refractivity contribution >= 4 is 50.1 Å². The zero-order chi connectivity index (χ0) is 22.3. The van der Waals surface area contributed by atoms with Gasteiger partial charge in [-0.3, -0.25) is 0 Å². The number of halogens is 1. The molecule has 0 saturated heterocycles. The van der Waals surface area contributed by atoms with Gasteiger partial charge in [0.1, 0.15) is 5.65 Å². The Morgan fingerprint density at radius 1 is 1.17 bits per heavy atom. The SMILES string of the molecule is [2H]C([2H])(c1c[nH]c2ncccc12)N1CCc2c(NC(=O)Nc3ccc(Br)cc3)cccc21. The van der Waals surface area contributed by atoms with E-state index in [4.69, 9.17) is 2.74 Å². The fourth-order valence-corrected chi connectivity index (χ4v) is 3.94. The van der Waals surface area contributed by atoms with Gasteiger partial charge in [-0.05, 0) is 60.5 Å². The normalized spacial score (nSPS) is 14.2. The summed E-state index contributed by atoms with van der Waals surface area (Å²) in [4.78, 5) is 21.6. The number of hydrogen-bond donors (Lipinski definition) is 3. The van der Waals surface area contributed by atoms with Crippen molar-refractivity contribution in [1.82, 2.24) is 9.97 Å². The first kappa shape index (κ1) is 16.5. The topological polar surface area (TPSA) is 73.0 Å². The predicted molar refractivity (Wildman–Crippen MR) is 124 cm³/mol. The number of carbonyl (C=O) groups is 1. The molecule has 5 rings (SSSR count). The summed E-state index contributed by atoms with van der Waals surface area (Å²) in [5.74, 6) is 0. The number of H-pyrrole nitrogens is 1. The van der Waals surface area contributed by atoms with Gasteiger partial charge in [-0.1, -0.05) is 22.0 Å². The molecule has 0 radical (unpaired) electrons. The molecule has 6 nitrogen and oxygen atoms in total. The molecule has 0 bridgehead atoms. The lowest BCUT2D eigenvalue weighted by Gasteiger charge is -2.19. The molecule has 0 atom stereocenters.